The van der Waals surface area contributed by atoms with Gasteiger partial charge < -0.3 is 4.74 Å². The van der Waals surface area contributed by atoms with Crippen molar-refractivity contribution in [2.45, 2.75) is 19.2 Å². The van der Waals surface area contributed by atoms with Crippen LogP contribution in [0.2, 0.25) is 5.15 Å². The highest BCUT2D eigenvalue weighted by Crippen LogP contribution is 2.37. The fourth-order valence-corrected chi connectivity index (χ4v) is 1.38. The van der Waals surface area contributed by atoms with Gasteiger partial charge in [-0.25, -0.2) is 13.8 Å². The summed E-state index contributed by atoms with van der Waals surface area (Å²) < 4.78 is 64.6. The molecule has 1 aromatic heterocycles. The van der Waals surface area contributed by atoms with E-state index in [9.17, 15) is 22.0 Å². The molecule has 1 aromatic rings. The van der Waals surface area contributed by atoms with Crippen molar-refractivity contribution in [1.29, 1.82) is 5.26 Å². The third-order valence-corrected chi connectivity index (χ3v) is 1.98. The number of alkyl halides is 5. The molecule has 0 saturated carbocycles. The average molecular weight is 287 g/mol. The summed E-state index contributed by atoms with van der Waals surface area (Å²) in [5.74, 6) is -1.25. The van der Waals surface area contributed by atoms with Crippen LogP contribution in [0.25, 0.3) is 0 Å². The van der Waals surface area contributed by atoms with Gasteiger partial charge in [-0.1, -0.05) is 11.6 Å². The molecule has 18 heavy (non-hydrogen) atoms. The Hall–Kier alpha value is -1.62. The first-order chi connectivity index (χ1) is 8.24. The molecule has 9 heteroatoms. The van der Waals surface area contributed by atoms with Gasteiger partial charge in [0.2, 0.25) is 0 Å². The molecular formula is C9H4ClF5N2O. The van der Waals surface area contributed by atoms with Gasteiger partial charge in [0.15, 0.2) is 10.9 Å². The number of hydrogen-bond acceptors (Lipinski definition) is 3. The minimum atomic E-state index is -5.16. The summed E-state index contributed by atoms with van der Waals surface area (Å²) in [7, 11) is 0. The number of pyridine rings is 1. The zero-order valence-corrected chi connectivity index (χ0v) is 9.19. The van der Waals surface area contributed by atoms with Gasteiger partial charge in [0.05, 0.1) is 23.7 Å². The smallest absolute Gasteiger partial charge is 0.402 e. The molecule has 98 valence electrons. The molecule has 0 aliphatic carbocycles. The SMILES string of the molecule is N#CCc1cc(C(F)F)c(OC(F)(F)F)c(Cl)n1. The van der Waals surface area contributed by atoms with E-state index in [0.29, 0.717) is 6.07 Å². The molecule has 3 nitrogen and oxygen atoms in total. The normalized spacial score (nSPS) is 11.4. The van der Waals surface area contributed by atoms with Crippen LogP contribution in [0.1, 0.15) is 17.7 Å². The predicted octanol–water partition coefficient (Wildman–Crippen LogP) is 3.64. The van der Waals surface area contributed by atoms with E-state index < -0.39 is 29.3 Å². The van der Waals surface area contributed by atoms with E-state index in [1.165, 1.54) is 0 Å². The van der Waals surface area contributed by atoms with Crippen LogP contribution in [0.15, 0.2) is 6.07 Å². The summed E-state index contributed by atoms with van der Waals surface area (Å²) in [6.07, 6.45) is -8.75. The Morgan fingerprint density at radius 2 is 2.06 bits per heavy atom. The molecule has 0 aliphatic heterocycles. The number of nitrogens with zero attached hydrogens (tertiary/aromatic N) is 2. The highest BCUT2D eigenvalue weighted by atomic mass is 35.5. The Labute approximate surface area is 103 Å². The highest BCUT2D eigenvalue weighted by molar-refractivity contribution is 6.31. The van der Waals surface area contributed by atoms with Crippen LogP contribution in [0.3, 0.4) is 0 Å². The zero-order chi connectivity index (χ0) is 13.9. The summed E-state index contributed by atoms with van der Waals surface area (Å²) in [6.45, 7) is 0. The summed E-state index contributed by atoms with van der Waals surface area (Å²) >= 11 is 5.34. The first kappa shape index (κ1) is 14.4. The van der Waals surface area contributed by atoms with Crippen molar-refractivity contribution >= 4 is 11.6 Å². The standard InChI is InChI=1S/C9H4ClF5N2O/c10-7-6(18-9(13,14)15)5(8(11)12)3-4(17-7)1-2-16/h3,8H,1H2. The van der Waals surface area contributed by atoms with Gasteiger partial charge in [-0.3, -0.25) is 0 Å². The third kappa shape index (κ3) is 3.70. The Kier molecular flexibility index (Phi) is 4.29. The summed E-state index contributed by atoms with van der Waals surface area (Å²) in [4.78, 5) is 3.37. The van der Waals surface area contributed by atoms with E-state index in [2.05, 4.69) is 9.72 Å². The molecule has 0 fully saturated rings. The van der Waals surface area contributed by atoms with E-state index in [1.807, 2.05) is 0 Å². The van der Waals surface area contributed by atoms with Gasteiger partial charge in [0.1, 0.15) is 0 Å². The molecule has 0 bridgehead atoms. The molecule has 0 unspecified atom stereocenters. The Balaban J connectivity index is 3.28. The number of rotatable bonds is 3. The van der Waals surface area contributed by atoms with Crippen molar-refractivity contribution in [3.8, 4) is 11.8 Å². The lowest BCUT2D eigenvalue weighted by Gasteiger charge is -2.14. The highest BCUT2D eigenvalue weighted by Gasteiger charge is 2.35. The molecule has 0 saturated heterocycles. The summed E-state index contributed by atoms with van der Waals surface area (Å²) in [5.41, 5.74) is -1.22. The second-order valence-electron chi connectivity index (χ2n) is 3.01. The maximum Gasteiger partial charge on any atom is 0.573 e. The van der Waals surface area contributed by atoms with Crippen LogP contribution in [-0.2, 0) is 6.42 Å². The van der Waals surface area contributed by atoms with Crippen molar-refractivity contribution in [2.75, 3.05) is 0 Å². The van der Waals surface area contributed by atoms with Gasteiger partial charge >= 0.3 is 6.36 Å². The van der Waals surface area contributed by atoms with E-state index in [-0.39, 0.29) is 12.1 Å². The average Bonchev–Trinajstić information content (AvgIpc) is 2.20. The van der Waals surface area contributed by atoms with E-state index in [4.69, 9.17) is 16.9 Å². The van der Waals surface area contributed by atoms with Crippen LogP contribution in [-0.4, -0.2) is 11.3 Å². The van der Waals surface area contributed by atoms with E-state index >= 15 is 0 Å². The Bertz CT molecular complexity index is 483. The van der Waals surface area contributed by atoms with Crippen LogP contribution in [0, 0.1) is 11.3 Å². The van der Waals surface area contributed by atoms with E-state index in [1.54, 1.807) is 6.07 Å². The van der Waals surface area contributed by atoms with Gasteiger partial charge in [-0.2, -0.15) is 5.26 Å². The molecule has 1 rings (SSSR count). The molecule has 1 heterocycles. The molecule has 0 aliphatic rings. The zero-order valence-electron chi connectivity index (χ0n) is 8.43. The summed E-state index contributed by atoms with van der Waals surface area (Å²) in [5, 5.41) is 7.50. The van der Waals surface area contributed by atoms with Crippen molar-refractivity contribution in [1.82, 2.24) is 4.98 Å². The lowest BCUT2D eigenvalue weighted by atomic mass is 10.2. The molecule has 0 atom stereocenters. The largest absolute Gasteiger partial charge is 0.573 e. The van der Waals surface area contributed by atoms with E-state index in [0.717, 1.165) is 0 Å². The molecule has 0 aromatic carbocycles. The number of ether oxygens (including phenoxy) is 1. The lowest BCUT2D eigenvalue weighted by molar-refractivity contribution is -0.275. The third-order valence-electron chi connectivity index (χ3n) is 1.73. The van der Waals surface area contributed by atoms with Crippen molar-refractivity contribution in [2.24, 2.45) is 0 Å². The first-order valence-electron chi connectivity index (χ1n) is 4.34. The molecular weight excluding hydrogens is 283 g/mol. The topological polar surface area (TPSA) is 45.9 Å². The molecule has 0 spiro atoms. The molecule has 0 N–H and O–H groups in total. The Morgan fingerprint density at radius 1 is 1.44 bits per heavy atom. The van der Waals surface area contributed by atoms with Gasteiger partial charge in [-0.05, 0) is 6.07 Å². The second kappa shape index (κ2) is 5.35. The maximum atomic E-state index is 12.6. The molecule has 0 amide bonds. The quantitative estimate of drug-likeness (QED) is 0.629. The monoisotopic (exact) mass is 286 g/mol. The first-order valence-corrected chi connectivity index (χ1v) is 4.72. The second-order valence-corrected chi connectivity index (χ2v) is 3.36. The van der Waals surface area contributed by atoms with Crippen molar-refractivity contribution in [3.63, 3.8) is 0 Å². The number of halogens is 6. The van der Waals surface area contributed by atoms with Gasteiger partial charge in [0, 0.05) is 0 Å². The number of hydrogen-bond donors (Lipinski definition) is 0. The Morgan fingerprint density at radius 3 is 2.50 bits per heavy atom. The number of aromatic nitrogens is 1. The fourth-order valence-electron chi connectivity index (χ4n) is 1.12. The van der Waals surface area contributed by atoms with Gasteiger partial charge in [0.25, 0.3) is 6.43 Å². The van der Waals surface area contributed by atoms with Crippen LogP contribution in [0.5, 0.6) is 5.75 Å². The minimum Gasteiger partial charge on any atom is -0.402 e. The van der Waals surface area contributed by atoms with Crippen LogP contribution < -0.4 is 4.74 Å². The van der Waals surface area contributed by atoms with Crippen LogP contribution >= 0.6 is 11.6 Å². The predicted molar refractivity (Wildman–Crippen MR) is 50.2 cm³/mol. The maximum absolute atomic E-state index is 12.6. The minimum absolute atomic E-state index is 0.160. The van der Waals surface area contributed by atoms with Gasteiger partial charge in [-0.15, -0.1) is 13.2 Å². The lowest BCUT2D eigenvalue weighted by Crippen LogP contribution is -2.19. The van der Waals surface area contributed by atoms with Crippen molar-refractivity contribution < 1.29 is 26.7 Å². The van der Waals surface area contributed by atoms with Crippen molar-refractivity contribution in [3.05, 3.63) is 22.5 Å². The van der Waals surface area contributed by atoms with Crippen LogP contribution in [0.4, 0.5) is 22.0 Å². The molecule has 0 radical (unpaired) electrons. The fraction of sp³-hybridized carbons (Fsp3) is 0.333. The summed E-state index contributed by atoms with van der Waals surface area (Å²) in [6, 6.07) is 2.27. The number of nitriles is 1.